The zero-order valence-corrected chi connectivity index (χ0v) is 15.8. The fourth-order valence-electron chi connectivity index (χ4n) is 3.75. The van der Waals surface area contributed by atoms with Crippen LogP contribution in [0.3, 0.4) is 0 Å². The van der Waals surface area contributed by atoms with E-state index in [4.69, 9.17) is 9.72 Å². The molecule has 2 fully saturated rings. The first-order chi connectivity index (χ1) is 13.2. The summed E-state index contributed by atoms with van der Waals surface area (Å²) in [5.41, 5.74) is 1.41. The van der Waals surface area contributed by atoms with E-state index >= 15 is 0 Å². The third kappa shape index (κ3) is 4.11. The molecule has 0 N–H and O–H groups in total. The number of hydrogen-bond donors (Lipinski definition) is 0. The van der Waals surface area contributed by atoms with Crippen LogP contribution in [0.1, 0.15) is 30.3 Å². The molecule has 3 heterocycles. The minimum absolute atomic E-state index is 0.00985. The number of nitrogens with zero attached hydrogens (tertiary/aromatic N) is 4. The highest BCUT2D eigenvalue weighted by atomic mass is 16.5. The maximum Gasteiger partial charge on any atom is 0.272 e. The highest BCUT2D eigenvalue weighted by Gasteiger charge is 2.25. The number of benzene rings is 1. The molecule has 1 aromatic carbocycles. The normalized spacial score (nSPS) is 20.6. The number of hydrogen-bond acceptors (Lipinski definition) is 5. The first kappa shape index (κ1) is 17.9. The van der Waals surface area contributed by atoms with E-state index in [2.05, 4.69) is 16.8 Å². The average Bonchev–Trinajstić information content (AvgIpc) is 2.74. The van der Waals surface area contributed by atoms with Gasteiger partial charge in [0, 0.05) is 37.8 Å². The van der Waals surface area contributed by atoms with Crippen molar-refractivity contribution in [1.29, 1.82) is 0 Å². The summed E-state index contributed by atoms with van der Waals surface area (Å²) in [6.07, 6.45) is 2.24. The Kier molecular flexibility index (Phi) is 5.34. The molecule has 142 valence electrons. The summed E-state index contributed by atoms with van der Waals surface area (Å²) in [4.78, 5) is 26.7. The summed E-state index contributed by atoms with van der Waals surface area (Å²) >= 11 is 0. The Hall–Kier alpha value is -2.47. The SMILES string of the molecule is CC1CCCN(C(=O)c2cc(N3CCOCC3)nc(-c3ccccc3)n2)C1. The molecule has 4 rings (SSSR count). The Morgan fingerprint density at radius 1 is 1.11 bits per heavy atom. The standard InChI is InChI=1S/C21H26N4O2/c1-16-6-5-9-25(15-16)21(26)18-14-19(24-10-12-27-13-11-24)23-20(22-18)17-7-3-2-4-8-17/h2-4,7-8,14,16H,5-6,9-13,15H2,1H3. The zero-order chi connectivity index (χ0) is 18.6. The molecule has 27 heavy (non-hydrogen) atoms. The van der Waals surface area contributed by atoms with Gasteiger partial charge in [0.1, 0.15) is 11.5 Å². The predicted octanol–water partition coefficient (Wildman–Crippen LogP) is 2.85. The lowest BCUT2D eigenvalue weighted by atomic mass is 10.00. The van der Waals surface area contributed by atoms with Crippen molar-refractivity contribution in [2.75, 3.05) is 44.3 Å². The molecule has 1 amide bonds. The molecule has 6 nitrogen and oxygen atoms in total. The predicted molar refractivity (Wildman–Crippen MR) is 105 cm³/mol. The molecule has 2 aromatic rings. The number of ether oxygens (including phenoxy) is 1. The van der Waals surface area contributed by atoms with Crippen LogP contribution >= 0.6 is 0 Å². The molecule has 2 aliphatic rings. The van der Waals surface area contributed by atoms with Crippen molar-refractivity contribution >= 4 is 11.7 Å². The summed E-state index contributed by atoms with van der Waals surface area (Å²) < 4.78 is 5.46. The summed E-state index contributed by atoms with van der Waals surface area (Å²) in [6.45, 7) is 6.72. The van der Waals surface area contributed by atoms with Crippen LogP contribution in [-0.2, 0) is 4.74 Å². The van der Waals surface area contributed by atoms with Gasteiger partial charge in [0.2, 0.25) is 0 Å². The van der Waals surface area contributed by atoms with Crippen molar-refractivity contribution in [3.8, 4) is 11.4 Å². The van der Waals surface area contributed by atoms with Gasteiger partial charge in [0.05, 0.1) is 13.2 Å². The van der Waals surface area contributed by atoms with Crippen LogP contribution in [-0.4, -0.2) is 60.2 Å². The third-order valence-electron chi connectivity index (χ3n) is 5.24. The van der Waals surface area contributed by atoms with E-state index in [-0.39, 0.29) is 5.91 Å². The molecule has 1 aromatic heterocycles. The van der Waals surface area contributed by atoms with Crippen molar-refractivity contribution in [3.63, 3.8) is 0 Å². The number of aromatic nitrogens is 2. The minimum Gasteiger partial charge on any atom is -0.378 e. The first-order valence-corrected chi connectivity index (χ1v) is 9.77. The quantitative estimate of drug-likeness (QED) is 0.836. The van der Waals surface area contributed by atoms with E-state index in [9.17, 15) is 4.79 Å². The molecule has 0 bridgehead atoms. The van der Waals surface area contributed by atoms with E-state index in [1.165, 1.54) is 6.42 Å². The summed E-state index contributed by atoms with van der Waals surface area (Å²) in [5.74, 6) is 1.96. The lowest BCUT2D eigenvalue weighted by molar-refractivity contribution is 0.0677. The number of rotatable bonds is 3. The van der Waals surface area contributed by atoms with Gasteiger partial charge in [-0.3, -0.25) is 4.79 Å². The Morgan fingerprint density at radius 3 is 2.63 bits per heavy atom. The summed E-state index contributed by atoms with van der Waals surface area (Å²) in [7, 11) is 0. The van der Waals surface area contributed by atoms with Crippen LogP contribution in [0, 0.1) is 5.92 Å². The molecule has 0 aliphatic carbocycles. The van der Waals surface area contributed by atoms with Crippen LogP contribution < -0.4 is 4.90 Å². The lowest BCUT2D eigenvalue weighted by Gasteiger charge is -2.31. The molecular weight excluding hydrogens is 340 g/mol. The monoisotopic (exact) mass is 366 g/mol. The molecule has 2 saturated heterocycles. The Labute approximate surface area is 160 Å². The van der Waals surface area contributed by atoms with Crippen molar-refractivity contribution in [2.24, 2.45) is 5.92 Å². The van der Waals surface area contributed by atoms with E-state index in [1.807, 2.05) is 41.3 Å². The van der Waals surface area contributed by atoms with Crippen LogP contribution in [0.2, 0.25) is 0 Å². The Bertz CT molecular complexity index is 790. The first-order valence-electron chi connectivity index (χ1n) is 9.77. The highest BCUT2D eigenvalue weighted by Crippen LogP contribution is 2.23. The topological polar surface area (TPSA) is 58.6 Å². The second kappa shape index (κ2) is 8.05. The second-order valence-electron chi connectivity index (χ2n) is 7.40. The lowest BCUT2D eigenvalue weighted by Crippen LogP contribution is -2.40. The van der Waals surface area contributed by atoms with E-state index in [1.54, 1.807) is 0 Å². The molecule has 0 saturated carbocycles. The zero-order valence-electron chi connectivity index (χ0n) is 15.8. The number of anilines is 1. The average molecular weight is 366 g/mol. The number of amides is 1. The van der Waals surface area contributed by atoms with E-state index in [0.717, 1.165) is 44.0 Å². The van der Waals surface area contributed by atoms with Crippen molar-refractivity contribution in [3.05, 3.63) is 42.1 Å². The van der Waals surface area contributed by atoms with Gasteiger partial charge in [-0.05, 0) is 18.8 Å². The summed E-state index contributed by atoms with van der Waals surface area (Å²) in [6, 6.07) is 11.7. The highest BCUT2D eigenvalue weighted by molar-refractivity contribution is 5.93. The molecule has 0 spiro atoms. The number of morpholine rings is 1. The van der Waals surface area contributed by atoms with Gasteiger partial charge in [-0.1, -0.05) is 37.3 Å². The maximum atomic E-state index is 13.2. The largest absolute Gasteiger partial charge is 0.378 e. The minimum atomic E-state index is 0.00985. The molecule has 1 unspecified atom stereocenters. The van der Waals surface area contributed by atoms with Gasteiger partial charge in [-0.15, -0.1) is 0 Å². The third-order valence-corrected chi connectivity index (χ3v) is 5.24. The Balaban J connectivity index is 1.70. The van der Waals surface area contributed by atoms with Crippen molar-refractivity contribution in [2.45, 2.75) is 19.8 Å². The maximum absolute atomic E-state index is 13.2. The number of piperidine rings is 1. The second-order valence-corrected chi connectivity index (χ2v) is 7.40. The Morgan fingerprint density at radius 2 is 1.89 bits per heavy atom. The van der Waals surface area contributed by atoms with Crippen LogP contribution in [0.4, 0.5) is 5.82 Å². The van der Waals surface area contributed by atoms with Gasteiger partial charge < -0.3 is 14.5 Å². The van der Waals surface area contributed by atoms with Gasteiger partial charge in [-0.2, -0.15) is 0 Å². The smallest absolute Gasteiger partial charge is 0.272 e. The molecule has 0 radical (unpaired) electrons. The fraction of sp³-hybridized carbons (Fsp3) is 0.476. The van der Waals surface area contributed by atoms with Gasteiger partial charge in [0.15, 0.2) is 5.82 Å². The van der Waals surface area contributed by atoms with Gasteiger partial charge in [0.25, 0.3) is 5.91 Å². The van der Waals surface area contributed by atoms with Gasteiger partial charge >= 0.3 is 0 Å². The summed E-state index contributed by atoms with van der Waals surface area (Å²) in [5, 5.41) is 0. The molecule has 2 aliphatic heterocycles. The van der Waals surface area contributed by atoms with E-state index in [0.29, 0.717) is 30.7 Å². The van der Waals surface area contributed by atoms with Crippen LogP contribution in [0.5, 0.6) is 0 Å². The molecule has 1 atom stereocenters. The molecule has 6 heteroatoms. The number of carbonyl (C=O) groups excluding carboxylic acids is 1. The number of carbonyl (C=O) groups is 1. The van der Waals surface area contributed by atoms with Gasteiger partial charge in [-0.25, -0.2) is 9.97 Å². The fourth-order valence-corrected chi connectivity index (χ4v) is 3.75. The van der Waals surface area contributed by atoms with Crippen LogP contribution in [0.15, 0.2) is 36.4 Å². The van der Waals surface area contributed by atoms with Crippen molar-refractivity contribution in [1.82, 2.24) is 14.9 Å². The molecular formula is C21H26N4O2. The van der Waals surface area contributed by atoms with E-state index < -0.39 is 0 Å². The van der Waals surface area contributed by atoms with Crippen LogP contribution in [0.25, 0.3) is 11.4 Å². The van der Waals surface area contributed by atoms with Crippen molar-refractivity contribution < 1.29 is 9.53 Å². The number of likely N-dealkylation sites (tertiary alicyclic amines) is 1.